The summed E-state index contributed by atoms with van der Waals surface area (Å²) < 4.78 is 80.1. The first-order valence-corrected chi connectivity index (χ1v) is 15.3. The van der Waals surface area contributed by atoms with Crippen molar-refractivity contribution in [1.82, 2.24) is 24.5 Å². The smallest absolute Gasteiger partial charge is 0.423 e. The zero-order chi connectivity index (χ0) is 32.9. The summed E-state index contributed by atoms with van der Waals surface area (Å²) in [5, 5.41) is 6.01. The van der Waals surface area contributed by atoms with Crippen LogP contribution in [0.2, 0.25) is 0 Å². The molecule has 1 N–H and O–H groups in total. The van der Waals surface area contributed by atoms with Gasteiger partial charge in [-0.05, 0) is 64.4 Å². The van der Waals surface area contributed by atoms with Crippen molar-refractivity contribution in [2.45, 2.75) is 64.4 Å². The summed E-state index contributed by atoms with van der Waals surface area (Å²) in [6, 6.07) is 11.8. The minimum absolute atomic E-state index is 0.161. The number of ether oxygens (including phenoxy) is 1. The van der Waals surface area contributed by atoms with Crippen LogP contribution in [0, 0.1) is 12.3 Å². The van der Waals surface area contributed by atoms with E-state index in [9.17, 15) is 31.2 Å². The fourth-order valence-electron chi connectivity index (χ4n) is 4.24. The van der Waals surface area contributed by atoms with Gasteiger partial charge in [0.2, 0.25) is 0 Å². The molecule has 13 nitrogen and oxygen atoms in total. The van der Waals surface area contributed by atoms with E-state index < -0.39 is 51.5 Å². The number of halogens is 3. The molecule has 0 aliphatic carbocycles. The predicted octanol–water partition coefficient (Wildman–Crippen LogP) is 3.64. The van der Waals surface area contributed by atoms with Crippen LogP contribution in [0.3, 0.4) is 0 Å². The molecular formula is C28H31F3N6O7S. The largest absolute Gasteiger partial charge is 0.435 e. The zero-order valence-electron chi connectivity index (χ0n) is 24.9. The lowest BCUT2D eigenvalue weighted by Gasteiger charge is -2.35. The topological polar surface area (TPSA) is 143 Å². The number of aryl methyl sites for hydroxylation is 1. The number of carbonyl (C=O) groups excluding carboxylic acids is 2. The van der Waals surface area contributed by atoms with Crippen molar-refractivity contribution in [3.8, 4) is 16.9 Å². The molecule has 1 unspecified atom stereocenters. The number of amides is 1. The van der Waals surface area contributed by atoms with E-state index in [2.05, 4.69) is 5.10 Å². The molecule has 242 valence electrons. The van der Waals surface area contributed by atoms with Gasteiger partial charge < -0.3 is 9.57 Å². The summed E-state index contributed by atoms with van der Waals surface area (Å²) in [6.45, 7) is 8.72. The van der Waals surface area contributed by atoms with Crippen molar-refractivity contribution in [1.29, 1.82) is 0 Å². The number of benzene rings is 2. The number of hydrogen-bond donors (Lipinski definition) is 1. The number of aromatic nitrogens is 4. The van der Waals surface area contributed by atoms with E-state index in [-0.39, 0.29) is 16.3 Å². The van der Waals surface area contributed by atoms with Crippen molar-refractivity contribution in [3.63, 3.8) is 0 Å². The number of sulfonamides is 1. The van der Waals surface area contributed by atoms with E-state index in [0.29, 0.717) is 18.5 Å². The molecule has 1 amide bonds. The van der Waals surface area contributed by atoms with Gasteiger partial charge in [0.05, 0.1) is 26.7 Å². The molecule has 1 aliphatic rings. The number of nitrogens with zero attached hydrogens (tertiary/aromatic N) is 5. The summed E-state index contributed by atoms with van der Waals surface area (Å²) in [5.41, 5.74) is -0.109. The molecule has 2 aromatic heterocycles. The Labute approximate surface area is 255 Å². The fourth-order valence-corrected chi connectivity index (χ4v) is 5.25. The highest BCUT2D eigenvalue weighted by Gasteiger charge is 2.42. The lowest BCUT2D eigenvalue weighted by molar-refractivity contribution is -0.189. The molecule has 17 heteroatoms. The maximum absolute atomic E-state index is 13.5. The molecule has 2 aromatic carbocycles. The number of alkyl halides is 3. The van der Waals surface area contributed by atoms with E-state index in [1.807, 2.05) is 11.6 Å². The summed E-state index contributed by atoms with van der Waals surface area (Å²) in [7, 11) is -4.35. The Morgan fingerprint density at radius 2 is 1.71 bits per heavy atom. The Balaban J connectivity index is 1.26. The fraction of sp³-hybridized carbons (Fsp3) is 0.393. The number of carbonyl (C=O) groups is 2. The number of esters is 1. The van der Waals surface area contributed by atoms with Crippen molar-refractivity contribution in [2.24, 2.45) is 5.41 Å². The van der Waals surface area contributed by atoms with Gasteiger partial charge in [-0.25, -0.2) is 22.8 Å². The van der Waals surface area contributed by atoms with Gasteiger partial charge in [0.1, 0.15) is 11.1 Å². The molecule has 4 aromatic rings. The molecule has 0 bridgehead atoms. The molecule has 1 fully saturated rings. The number of hydrogen-bond acceptors (Lipinski definition) is 9. The molecule has 3 heterocycles. The third-order valence-electron chi connectivity index (χ3n) is 6.87. The highest BCUT2D eigenvalue weighted by Crippen LogP contribution is 2.33. The van der Waals surface area contributed by atoms with Gasteiger partial charge in [-0.2, -0.15) is 22.9 Å². The number of rotatable bonds is 9. The second-order valence-electron chi connectivity index (χ2n) is 11.5. The van der Waals surface area contributed by atoms with E-state index in [1.165, 1.54) is 36.2 Å². The normalized spacial score (nSPS) is 16.3. The van der Waals surface area contributed by atoms with Crippen LogP contribution >= 0.6 is 0 Å². The highest BCUT2D eigenvalue weighted by molar-refractivity contribution is 7.90. The van der Waals surface area contributed by atoms with Crippen LogP contribution in [0.4, 0.5) is 13.2 Å². The summed E-state index contributed by atoms with van der Waals surface area (Å²) in [5.74, 6) is -1.33. The van der Waals surface area contributed by atoms with Gasteiger partial charge in [-0.1, -0.05) is 29.8 Å². The Morgan fingerprint density at radius 1 is 1.07 bits per heavy atom. The predicted molar refractivity (Wildman–Crippen MR) is 152 cm³/mol. The van der Waals surface area contributed by atoms with Crippen LogP contribution in [-0.2, 0) is 30.5 Å². The molecule has 0 saturated carbocycles. The third kappa shape index (κ3) is 6.87. The first-order valence-electron chi connectivity index (χ1n) is 13.8. The minimum atomic E-state index is -4.70. The van der Waals surface area contributed by atoms with Gasteiger partial charge in [0.25, 0.3) is 22.2 Å². The molecule has 0 radical (unpaired) electrons. The van der Waals surface area contributed by atoms with Crippen LogP contribution in [0.25, 0.3) is 16.9 Å². The van der Waals surface area contributed by atoms with E-state index in [4.69, 9.17) is 14.2 Å². The van der Waals surface area contributed by atoms with Gasteiger partial charge >= 0.3 is 12.1 Å². The quantitative estimate of drug-likeness (QED) is 0.212. The second kappa shape index (κ2) is 11.4. The third-order valence-corrected chi connectivity index (χ3v) is 8.23. The summed E-state index contributed by atoms with van der Waals surface area (Å²) in [4.78, 5) is 31.0. The molecular weight excluding hydrogens is 621 g/mol. The van der Waals surface area contributed by atoms with Crippen molar-refractivity contribution in [2.75, 3.05) is 11.6 Å². The van der Waals surface area contributed by atoms with E-state index in [1.54, 1.807) is 45.0 Å². The summed E-state index contributed by atoms with van der Waals surface area (Å²) in [6.07, 6.45) is -5.39. The first kappa shape index (κ1) is 31.7. The molecule has 0 spiro atoms. The van der Waals surface area contributed by atoms with Gasteiger partial charge in [0, 0.05) is 19.0 Å². The number of nitrogens with one attached hydrogen (secondary N) is 1. The van der Waals surface area contributed by atoms with E-state index in [0.717, 1.165) is 26.3 Å². The standard InChI is InChI=1S/C28H31F3N6O7S/c1-17-6-8-19(9-7-17)23-16-24(28(29,30)31)32-35(23)20-10-12-21(13-11-20)45(40,41)33-25(38)22-14-15-34(22)36-37(44-36)43-18(2)42-26(39)27(3,4)5/h6-13,16,18,22H,14-15H2,1-5H3,(H,33,38)/t18?,22-,36?,37?/m0/s1. The minimum Gasteiger partial charge on any atom is -0.423 e. The Hall–Kier alpha value is -4.67. The average molecular weight is 653 g/mol. The molecule has 1 aliphatic heterocycles. The molecule has 1 saturated heterocycles. The Kier molecular flexibility index (Phi) is 8.01. The van der Waals surface area contributed by atoms with Gasteiger partial charge in [-0.15, -0.1) is 0 Å². The molecule has 5 rings (SSSR count). The van der Waals surface area contributed by atoms with Crippen LogP contribution in [0.1, 0.15) is 45.4 Å². The van der Waals surface area contributed by atoms with Gasteiger partial charge in [0.15, 0.2) is 5.69 Å². The Morgan fingerprint density at radius 3 is 2.27 bits per heavy atom. The lowest BCUT2D eigenvalue weighted by atomic mass is 9.97. The van der Waals surface area contributed by atoms with E-state index >= 15 is 0 Å². The van der Waals surface area contributed by atoms with Gasteiger partial charge in [-0.3, -0.25) is 9.59 Å². The van der Waals surface area contributed by atoms with Crippen molar-refractivity contribution >= 4 is 21.9 Å². The maximum atomic E-state index is 13.5. The van der Waals surface area contributed by atoms with Crippen LogP contribution in [0.15, 0.2) is 64.1 Å². The zero-order valence-corrected chi connectivity index (χ0v) is 25.7. The van der Waals surface area contributed by atoms with Crippen LogP contribution < -0.4 is 14.6 Å². The average Bonchev–Trinajstić information content (AvgIpc) is 3.47. The lowest BCUT2D eigenvalue weighted by Crippen LogP contribution is -2.61. The SMILES string of the molecule is Cc1ccc(-c2cc(C(F)(F)F)nn2-c2ccc(S(=O)(=O)NC(=O)[C@@H]3CCN3n3on3OC(C)OC(=O)C(C)(C)C)cc2)cc1. The Bertz CT molecular complexity index is 1800. The van der Waals surface area contributed by atoms with Crippen molar-refractivity contribution < 1.29 is 45.4 Å². The maximum Gasteiger partial charge on any atom is 0.435 e. The first-order chi connectivity index (χ1) is 20.9. The summed E-state index contributed by atoms with van der Waals surface area (Å²) >= 11 is 0. The second-order valence-corrected chi connectivity index (χ2v) is 13.2. The molecule has 45 heavy (non-hydrogen) atoms. The van der Waals surface area contributed by atoms with Crippen molar-refractivity contribution in [3.05, 3.63) is 65.9 Å². The highest BCUT2D eigenvalue weighted by atomic mass is 32.2. The molecule has 2 atom stereocenters. The monoisotopic (exact) mass is 652 g/mol. The van der Waals surface area contributed by atoms with Crippen LogP contribution in [0.5, 0.6) is 0 Å². The van der Waals surface area contributed by atoms with Crippen LogP contribution in [-0.4, -0.2) is 58.9 Å².